The standard InChI is InChI=1S/C15H12BrFN2OS/c16-10-6-7-11(17)12(8-10)19-15(20)13(14(18)21)9-4-2-1-3-5-9/h1-8,13H,(H2,18,21)(H,19,20). The fourth-order valence-corrected chi connectivity index (χ4v) is 2.49. The highest BCUT2D eigenvalue weighted by Crippen LogP contribution is 2.23. The first-order valence-electron chi connectivity index (χ1n) is 6.09. The number of thiocarbonyl (C=S) groups is 1. The SMILES string of the molecule is NC(=S)C(C(=O)Nc1cc(Br)ccc1F)c1ccccc1. The Morgan fingerprint density at radius 1 is 1.24 bits per heavy atom. The number of halogens is 2. The number of nitrogens with one attached hydrogen (secondary N) is 1. The first-order chi connectivity index (χ1) is 9.99. The van der Waals surface area contributed by atoms with Gasteiger partial charge in [0.2, 0.25) is 5.91 Å². The van der Waals surface area contributed by atoms with E-state index >= 15 is 0 Å². The van der Waals surface area contributed by atoms with E-state index in [0.29, 0.717) is 10.0 Å². The van der Waals surface area contributed by atoms with Crippen LogP contribution in [0, 0.1) is 5.82 Å². The van der Waals surface area contributed by atoms with Gasteiger partial charge in [-0.2, -0.15) is 0 Å². The second kappa shape index (κ2) is 6.78. The second-order valence-corrected chi connectivity index (χ2v) is 5.75. The summed E-state index contributed by atoms with van der Waals surface area (Å²) in [7, 11) is 0. The van der Waals surface area contributed by atoms with Gasteiger partial charge in [0.1, 0.15) is 11.7 Å². The summed E-state index contributed by atoms with van der Waals surface area (Å²) >= 11 is 8.19. The van der Waals surface area contributed by atoms with Gasteiger partial charge in [0.25, 0.3) is 0 Å². The topological polar surface area (TPSA) is 55.1 Å². The van der Waals surface area contributed by atoms with E-state index in [1.165, 1.54) is 12.1 Å². The van der Waals surface area contributed by atoms with Crippen LogP contribution >= 0.6 is 28.1 Å². The van der Waals surface area contributed by atoms with E-state index in [1.807, 2.05) is 6.07 Å². The van der Waals surface area contributed by atoms with E-state index in [9.17, 15) is 9.18 Å². The molecule has 0 saturated carbocycles. The summed E-state index contributed by atoms with van der Waals surface area (Å²) in [5.41, 5.74) is 6.40. The third-order valence-corrected chi connectivity index (χ3v) is 3.59. The van der Waals surface area contributed by atoms with Crippen molar-refractivity contribution in [2.75, 3.05) is 5.32 Å². The molecular weight excluding hydrogens is 355 g/mol. The lowest BCUT2D eigenvalue weighted by atomic mass is 9.98. The zero-order valence-corrected chi connectivity index (χ0v) is 13.2. The lowest BCUT2D eigenvalue weighted by molar-refractivity contribution is -0.116. The summed E-state index contributed by atoms with van der Waals surface area (Å²) in [5, 5.41) is 2.52. The predicted molar refractivity (Wildman–Crippen MR) is 88.7 cm³/mol. The first-order valence-corrected chi connectivity index (χ1v) is 7.29. The van der Waals surface area contributed by atoms with E-state index in [2.05, 4.69) is 21.2 Å². The maximum absolute atomic E-state index is 13.7. The van der Waals surface area contributed by atoms with Crippen molar-refractivity contribution < 1.29 is 9.18 Å². The molecule has 0 aromatic heterocycles. The maximum atomic E-state index is 13.7. The van der Waals surface area contributed by atoms with Gasteiger partial charge in [0.15, 0.2) is 0 Å². The molecule has 2 rings (SSSR count). The number of anilines is 1. The third-order valence-electron chi connectivity index (χ3n) is 2.87. The fourth-order valence-electron chi connectivity index (χ4n) is 1.89. The van der Waals surface area contributed by atoms with Crippen molar-refractivity contribution in [3.63, 3.8) is 0 Å². The van der Waals surface area contributed by atoms with Crippen LogP contribution in [0.5, 0.6) is 0 Å². The molecule has 0 fully saturated rings. The molecule has 0 aliphatic heterocycles. The number of benzene rings is 2. The average molecular weight is 367 g/mol. The van der Waals surface area contributed by atoms with E-state index < -0.39 is 17.6 Å². The molecule has 6 heteroatoms. The molecule has 3 nitrogen and oxygen atoms in total. The van der Waals surface area contributed by atoms with Gasteiger partial charge in [-0.05, 0) is 23.8 Å². The molecule has 1 amide bonds. The Bertz CT molecular complexity index is 679. The Hall–Kier alpha value is -1.79. The lowest BCUT2D eigenvalue weighted by Crippen LogP contribution is -2.31. The molecule has 0 radical (unpaired) electrons. The van der Waals surface area contributed by atoms with Gasteiger partial charge >= 0.3 is 0 Å². The van der Waals surface area contributed by atoms with Gasteiger partial charge in [-0.1, -0.05) is 58.5 Å². The van der Waals surface area contributed by atoms with Crippen molar-refractivity contribution in [2.24, 2.45) is 5.73 Å². The summed E-state index contributed by atoms with van der Waals surface area (Å²) in [5.74, 6) is -1.80. The van der Waals surface area contributed by atoms with Gasteiger partial charge in [0.05, 0.1) is 10.7 Å². The molecule has 3 N–H and O–H groups in total. The number of hydrogen-bond acceptors (Lipinski definition) is 2. The molecule has 108 valence electrons. The highest BCUT2D eigenvalue weighted by molar-refractivity contribution is 9.10. The summed E-state index contributed by atoms with van der Waals surface area (Å²) in [6.07, 6.45) is 0. The van der Waals surface area contributed by atoms with E-state index in [1.54, 1.807) is 30.3 Å². The first kappa shape index (κ1) is 15.6. The zero-order chi connectivity index (χ0) is 15.4. The van der Waals surface area contributed by atoms with Crippen molar-refractivity contribution in [1.82, 2.24) is 0 Å². The van der Waals surface area contributed by atoms with E-state index in [-0.39, 0.29) is 10.7 Å². The molecule has 0 aliphatic carbocycles. The highest BCUT2D eigenvalue weighted by Gasteiger charge is 2.24. The third kappa shape index (κ3) is 3.86. The van der Waals surface area contributed by atoms with Gasteiger partial charge in [-0.25, -0.2) is 4.39 Å². The summed E-state index contributed by atoms with van der Waals surface area (Å²) in [4.78, 5) is 12.4. The monoisotopic (exact) mass is 366 g/mol. The highest BCUT2D eigenvalue weighted by atomic mass is 79.9. The summed E-state index contributed by atoms with van der Waals surface area (Å²) in [6.45, 7) is 0. The van der Waals surface area contributed by atoms with Crippen molar-refractivity contribution >= 4 is 44.7 Å². The van der Waals surface area contributed by atoms with Crippen molar-refractivity contribution in [3.8, 4) is 0 Å². The molecular formula is C15H12BrFN2OS. The van der Waals surface area contributed by atoms with Crippen LogP contribution in [-0.4, -0.2) is 10.9 Å². The fraction of sp³-hybridized carbons (Fsp3) is 0.0667. The molecule has 0 saturated heterocycles. The second-order valence-electron chi connectivity index (χ2n) is 4.36. The molecule has 2 aromatic rings. The number of nitrogens with two attached hydrogens (primary N) is 1. The van der Waals surface area contributed by atoms with Crippen LogP contribution in [0.4, 0.5) is 10.1 Å². The Labute approximate surface area is 135 Å². The minimum absolute atomic E-state index is 0.0362. The number of carbonyl (C=O) groups is 1. The zero-order valence-electron chi connectivity index (χ0n) is 10.8. The van der Waals surface area contributed by atoms with Crippen LogP contribution in [0.15, 0.2) is 53.0 Å². The van der Waals surface area contributed by atoms with Crippen LogP contribution in [0.1, 0.15) is 11.5 Å². The summed E-state index contributed by atoms with van der Waals surface area (Å²) < 4.78 is 14.4. The molecule has 0 bridgehead atoms. The Morgan fingerprint density at radius 3 is 2.52 bits per heavy atom. The minimum Gasteiger partial charge on any atom is -0.392 e. The van der Waals surface area contributed by atoms with Crippen molar-refractivity contribution in [1.29, 1.82) is 0 Å². The molecule has 2 aromatic carbocycles. The number of hydrogen-bond donors (Lipinski definition) is 2. The van der Waals surface area contributed by atoms with Gasteiger partial charge in [-0.3, -0.25) is 4.79 Å². The van der Waals surface area contributed by atoms with Gasteiger partial charge < -0.3 is 11.1 Å². The van der Waals surface area contributed by atoms with Crippen molar-refractivity contribution in [3.05, 3.63) is 64.4 Å². The number of rotatable bonds is 4. The minimum atomic E-state index is -0.806. The average Bonchev–Trinajstić information content (AvgIpc) is 2.44. The Kier molecular flexibility index (Phi) is 5.03. The summed E-state index contributed by atoms with van der Waals surface area (Å²) in [6, 6.07) is 13.2. The molecule has 0 aliphatic rings. The van der Waals surface area contributed by atoms with Crippen LogP contribution in [0.3, 0.4) is 0 Å². The number of amides is 1. The van der Waals surface area contributed by atoms with Gasteiger partial charge in [-0.15, -0.1) is 0 Å². The van der Waals surface area contributed by atoms with Crippen LogP contribution in [0.25, 0.3) is 0 Å². The Balaban J connectivity index is 2.28. The van der Waals surface area contributed by atoms with Crippen LogP contribution in [-0.2, 0) is 4.79 Å². The quantitative estimate of drug-likeness (QED) is 0.812. The molecule has 1 atom stereocenters. The van der Waals surface area contributed by atoms with Crippen molar-refractivity contribution in [2.45, 2.75) is 5.92 Å². The van der Waals surface area contributed by atoms with E-state index in [0.717, 1.165) is 0 Å². The van der Waals surface area contributed by atoms with E-state index in [4.69, 9.17) is 18.0 Å². The Morgan fingerprint density at radius 2 is 1.90 bits per heavy atom. The van der Waals surface area contributed by atoms with Crippen LogP contribution in [0.2, 0.25) is 0 Å². The molecule has 1 unspecified atom stereocenters. The normalized spacial score (nSPS) is 11.7. The smallest absolute Gasteiger partial charge is 0.238 e. The molecule has 0 spiro atoms. The maximum Gasteiger partial charge on any atom is 0.238 e. The number of carbonyl (C=O) groups excluding carboxylic acids is 1. The molecule has 0 heterocycles. The van der Waals surface area contributed by atoms with Gasteiger partial charge in [0, 0.05) is 4.47 Å². The molecule has 21 heavy (non-hydrogen) atoms. The largest absolute Gasteiger partial charge is 0.392 e. The lowest BCUT2D eigenvalue weighted by Gasteiger charge is -2.16. The predicted octanol–water partition coefficient (Wildman–Crippen LogP) is 3.60. The van der Waals surface area contributed by atoms with Crippen LogP contribution < -0.4 is 11.1 Å².